The number of carbonyl (C=O) groups excluding carboxylic acids is 1. The van der Waals surface area contributed by atoms with Crippen molar-refractivity contribution < 1.29 is 9.53 Å². The fraction of sp³-hybridized carbons (Fsp3) is 0.300. The zero-order valence-electron chi connectivity index (χ0n) is 15.6. The van der Waals surface area contributed by atoms with Gasteiger partial charge in [0.2, 0.25) is 5.91 Å². The van der Waals surface area contributed by atoms with Gasteiger partial charge < -0.3 is 14.6 Å². The van der Waals surface area contributed by atoms with Gasteiger partial charge in [0.15, 0.2) is 11.6 Å². The highest BCUT2D eigenvalue weighted by Crippen LogP contribution is 2.22. The number of anilines is 1. The Balaban J connectivity index is 1.74. The highest BCUT2D eigenvalue weighted by atomic mass is 32.2. The van der Waals surface area contributed by atoms with Crippen molar-refractivity contribution in [2.75, 3.05) is 18.2 Å². The molecule has 0 saturated carbocycles. The van der Waals surface area contributed by atoms with E-state index in [1.54, 1.807) is 30.1 Å². The smallest absolute Gasteiger partial charge is 0.245 e. The number of hydrogen-bond acceptors (Lipinski definition) is 6. The molecule has 2 aromatic heterocycles. The lowest BCUT2D eigenvalue weighted by Gasteiger charge is -2.12. The molecular weight excluding hydrogens is 374 g/mol. The van der Waals surface area contributed by atoms with Crippen molar-refractivity contribution in [1.82, 2.24) is 14.5 Å². The molecule has 28 heavy (non-hydrogen) atoms. The van der Waals surface area contributed by atoms with Crippen molar-refractivity contribution in [3.8, 4) is 11.8 Å². The first-order valence-electron chi connectivity index (χ1n) is 8.90. The number of imidazole rings is 1. The molecule has 0 aliphatic carbocycles. The molecule has 2 heterocycles. The van der Waals surface area contributed by atoms with E-state index in [2.05, 4.69) is 21.4 Å². The normalized spacial score (nSPS) is 10.6. The second kappa shape index (κ2) is 9.76. The summed E-state index contributed by atoms with van der Waals surface area (Å²) in [5.74, 6) is 2.25. The van der Waals surface area contributed by atoms with E-state index in [0.717, 1.165) is 22.6 Å². The van der Waals surface area contributed by atoms with Crippen LogP contribution in [0.2, 0.25) is 0 Å². The van der Waals surface area contributed by atoms with E-state index < -0.39 is 0 Å². The maximum atomic E-state index is 12.7. The van der Waals surface area contributed by atoms with Crippen LogP contribution in [0.15, 0.2) is 42.6 Å². The minimum Gasteiger partial charge on any atom is -0.490 e. The van der Waals surface area contributed by atoms with Crippen LogP contribution in [-0.2, 0) is 17.1 Å². The van der Waals surface area contributed by atoms with E-state index in [9.17, 15) is 4.79 Å². The standard InChI is InChI=1S/C20H21N5O2S/c1-28-14-18-23-15-7-2-3-8-16(15)25(18)13-19(26)24-20-17(9-6-11-22-20)27-12-5-4-10-21/h2-3,6-9,11H,4-5,12-14H2,1H3,(H,22,24,26). The summed E-state index contributed by atoms with van der Waals surface area (Å²) in [7, 11) is 0. The Morgan fingerprint density at radius 2 is 2.18 bits per heavy atom. The predicted molar refractivity (Wildman–Crippen MR) is 110 cm³/mol. The number of amides is 1. The fourth-order valence-corrected chi connectivity index (χ4v) is 3.27. The van der Waals surface area contributed by atoms with Crippen LogP contribution < -0.4 is 10.1 Å². The third kappa shape index (κ3) is 4.81. The quantitative estimate of drug-likeness (QED) is 0.556. The van der Waals surface area contributed by atoms with Crippen molar-refractivity contribution in [3.63, 3.8) is 0 Å². The molecule has 0 saturated heterocycles. The van der Waals surface area contributed by atoms with Gasteiger partial charge in [-0.2, -0.15) is 17.0 Å². The molecule has 8 heteroatoms. The highest BCUT2D eigenvalue weighted by molar-refractivity contribution is 7.97. The summed E-state index contributed by atoms with van der Waals surface area (Å²) in [5.41, 5.74) is 1.80. The summed E-state index contributed by atoms with van der Waals surface area (Å²) in [6, 6.07) is 13.4. The number of thioether (sulfide) groups is 1. The van der Waals surface area contributed by atoms with E-state index in [1.807, 2.05) is 35.1 Å². The van der Waals surface area contributed by atoms with Crippen LogP contribution in [0, 0.1) is 11.3 Å². The first-order valence-corrected chi connectivity index (χ1v) is 10.3. The van der Waals surface area contributed by atoms with Gasteiger partial charge in [0.05, 0.1) is 29.5 Å². The first-order chi connectivity index (χ1) is 13.7. The van der Waals surface area contributed by atoms with Gasteiger partial charge in [-0.25, -0.2) is 9.97 Å². The molecule has 0 spiro atoms. The van der Waals surface area contributed by atoms with Gasteiger partial charge in [-0.3, -0.25) is 4.79 Å². The maximum absolute atomic E-state index is 12.7. The van der Waals surface area contributed by atoms with E-state index in [-0.39, 0.29) is 12.5 Å². The number of para-hydroxylation sites is 2. The van der Waals surface area contributed by atoms with E-state index >= 15 is 0 Å². The zero-order valence-corrected chi connectivity index (χ0v) is 16.4. The third-order valence-corrected chi connectivity index (χ3v) is 4.57. The van der Waals surface area contributed by atoms with Crippen molar-refractivity contribution >= 4 is 34.5 Å². The summed E-state index contributed by atoms with van der Waals surface area (Å²) in [6.07, 6.45) is 4.66. The molecule has 3 aromatic rings. The number of ether oxygens (including phenoxy) is 1. The average Bonchev–Trinajstić information content (AvgIpc) is 3.04. The second-order valence-electron chi connectivity index (χ2n) is 6.04. The summed E-state index contributed by atoms with van der Waals surface area (Å²) < 4.78 is 7.59. The van der Waals surface area contributed by atoms with E-state index in [0.29, 0.717) is 31.0 Å². The fourth-order valence-electron chi connectivity index (χ4n) is 2.79. The van der Waals surface area contributed by atoms with Crippen LogP contribution in [0.1, 0.15) is 18.7 Å². The van der Waals surface area contributed by atoms with Gasteiger partial charge in [0.1, 0.15) is 12.4 Å². The number of fused-ring (bicyclic) bond motifs is 1. The molecule has 7 nitrogen and oxygen atoms in total. The number of aromatic nitrogens is 3. The highest BCUT2D eigenvalue weighted by Gasteiger charge is 2.15. The summed E-state index contributed by atoms with van der Waals surface area (Å²) in [4.78, 5) is 21.6. The maximum Gasteiger partial charge on any atom is 0.245 e. The number of hydrogen-bond donors (Lipinski definition) is 1. The minimum absolute atomic E-state index is 0.140. The van der Waals surface area contributed by atoms with Crippen molar-refractivity contribution in [2.45, 2.75) is 25.1 Å². The van der Waals surface area contributed by atoms with Gasteiger partial charge >= 0.3 is 0 Å². The molecule has 0 aliphatic heterocycles. The minimum atomic E-state index is -0.203. The lowest BCUT2D eigenvalue weighted by atomic mass is 10.3. The molecule has 0 radical (unpaired) electrons. The van der Waals surface area contributed by atoms with Crippen molar-refractivity contribution in [3.05, 3.63) is 48.4 Å². The second-order valence-corrected chi connectivity index (χ2v) is 6.91. The van der Waals surface area contributed by atoms with Gasteiger partial charge in [-0.05, 0) is 36.9 Å². The monoisotopic (exact) mass is 395 g/mol. The Kier molecular flexibility index (Phi) is 6.87. The van der Waals surface area contributed by atoms with Gasteiger partial charge in [0.25, 0.3) is 0 Å². The van der Waals surface area contributed by atoms with Crippen molar-refractivity contribution in [2.24, 2.45) is 0 Å². The molecule has 1 N–H and O–H groups in total. The Hall–Kier alpha value is -3.05. The molecule has 0 fully saturated rings. The lowest BCUT2D eigenvalue weighted by Crippen LogP contribution is -2.21. The predicted octanol–water partition coefficient (Wildman–Crippen LogP) is 3.62. The summed E-state index contributed by atoms with van der Waals surface area (Å²) in [6.45, 7) is 0.535. The van der Waals surface area contributed by atoms with E-state index in [1.165, 1.54) is 0 Å². The largest absolute Gasteiger partial charge is 0.490 e. The average molecular weight is 395 g/mol. The first kappa shape index (κ1) is 19.7. The van der Waals surface area contributed by atoms with Crippen LogP contribution in [0.4, 0.5) is 5.82 Å². The van der Waals surface area contributed by atoms with Crippen molar-refractivity contribution in [1.29, 1.82) is 5.26 Å². The van der Waals surface area contributed by atoms with Crippen LogP contribution in [0.25, 0.3) is 11.0 Å². The Morgan fingerprint density at radius 1 is 1.32 bits per heavy atom. The molecule has 0 aliphatic rings. The topological polar surface area (TPSA) is 92.8 Å². The molecule has 0 bridgehead atoms. The Labute approximate surface area is 167 Å². The Morgan fingerprint density at radius 3 is 3.00 bits per heavy atom. The molecule has 0 unspecified atom stereocenters. The van der Waals surface area contributed by atoms with Crippen LogP contribution in [-0.4, -0.2) is 33.3 Å². The summed E-state index contributed by atoms with van der Waals surface area (Å²) in [5, 5.41) is 11.4. The van der Waals surface area contributed by atoms with E-state index in [4.69, 9.17) is 10.00 Å². The molecular formula is C20H21N5O2S. The number of nitrogens with zero attached hydrogens (tertiary/aromatic N) is 4. The third-order valence-electron chi connectivity index (χ3n) is 4.03. The van der Waals surface area contributed by atoms with Gasteiger partial charge in [-0.15, -0.1) is 0 Å². The Bertz CT molecular complexity index is 996. The van der Waals surface area contributed by atoms with Crippen LogP contribution in [0.5, 0.6) is 5.75 Å². The molecule has 1 aromatic carbocycles. The number of nitrogens with one attached hydrogen (secondary N) is 1. The SMILES string of the molecule is CSCc1nc2ccccc2n1CC(=O)Nc1ncccc1OCCCC#N. The number of rotatable bonds is 9. The van der Waals surface area contributed by atoms with Gasteiger partial charge in [-0.1, -0.05) is 12.1 Å². The number of pyridine rings is 1. The number of unbranched alkanes of at least 4 members (excludes halogenated alkanes) is 1. The number of carbonyl (C=O) groups is 1. The molecule has 0 atom stereocenters. The van der Waals surface area contributed by atoms with Gasteiger partial charge in [0, 0.05) is 12.6 Å². The number of benzene rings is 1. The summed E-state index contributed by atoms with van der Waals surface area (Å²) >= 11 is 1.66. The zero-order chi connectivity index (χ0) is 19.8. The molecule has 144 valence electrons. The molecule has 3 rings (SSSR count). The van der Waals surface area contributed by atoms with Crippen LogP contribution in [0.3, 0.4) is 0 Å². The molecule has 1 amide bonds. The number of nitriles is 1. The van der Waals surface area contributed by atoms with Crippen LogP contribution >= 0.6 is 11.8 Å². The lowest BCUT2D eigenvalue weighted by molar-refractivity contribution is -0.116.